The summed E-state index contributed by atoms with van der Waals surface area (Å²) in [6, 6.07) is 11.9. The number of ketones is 1. The Labute approximate surface area is 160 Å². The zero-order chi connectivity index (χ0) is 19.1. The molecule has 26 heavy (non-hydrogen) atoms. The Hall–Kier alpha value is -2.22. The first kappa shape index (κ1) is 18.6. The summed E-state index contributed by atoms with van der Waals surface area (Å²) in [7, 11) is -4.05. The standard InChI is InChI=1S/C17H13Cl2NO5S/c1-17(10-7-11(18)9-12(19)8-10)15(22)14(21)16(25-17)20-26(23,24)13-5-3-2-4-6-13/h2-9,20-21H,1H3. The van der Waals surface area contributed by atoms with Crippen molar-refractivity contribution in [2.24, 2.45) is 0 Å². The number of halogens is 2. The predicted octanol–water partition coefficient (Wildman–Crippen LogP) is 3.51. The number of sulfonamides is 1. The average molecular weight is 414 g/mol. The van der Waals surface area contributed by atoms with Gasteiger partial charge in [-0.2, -0.15) is 0 Å². The molecule has 0 bridgehead atoms. The molecule has 0 aromatic heterocycles. The molecular weight excluding hydrogens is 401 g/mol. The lowest BCUT2D eigenvalue weighted by Crippen LogP contribution is -2.32. The van der Waals surface area contributed by atoms with Gasteiger partial charge < -0.3 is 9.84 Å². The molecule has 0 amide bonds. The van der Waals surface area contributed by atoms with Gasteiger partial charge in [0.1, 0.15) is 0 Å². The van der Waals surface area contributed by atoms with Crippen molar-refractivity contribution < 1.29 is 23.1 Å². The monoisotopic (exact) mass is 413 g/mol. The number of hydrogen-bond acceptors (Lipinski definition) is 5. The van der Waals surface area contributed by atoms with E-state index in [1.165, 1.54) is 37.3 Å². The van der Waals surface area contributed by atoms with Crippen molar-refractivity contribution in [1.29, 1.82) is 0 Å². The van der Waals surface area contributed by atoms with Gasteiger partial charge in [-0.3, -0.25) is 4.79 Å². The van der Waals surface area contributed by atoms with E-state index in [1.807, 2.05) is 0 Å². The van der Waals surface area contributed by atoms with Crippen molar-refractivity contribution in [2.75, 3.05) is 0 Å². The second kappa shape index (κ2) is 6.50. The summed E-state index contributed by atoms with van der Waals surface area (Å²) in [5.74, 6) is -2.21. The van der Waals surface area contributed by atoms with Crippen LogP contribution in [0.25, 0.3) is 0 Å². The third-order valence-corrected chi connectivity index (χ3v) is 5.65. The van der Waals surface area contributed by atoms with Gasteiger partial charge in [0, 0.05) is 15.6 Å². The number of aliphatic hydroxyl groups is 1. The van der Waals surface area contributed by atoms with E-state index >= 15 is 0 Å². The van der Waals surface area contributed by atoms with Gasteiger partial charge in [-0.25, -0.2) is 13.1 Å². The molecule has 1 aliphatic rings. The van der Waals surface area contributed by atoms with E-state index in [1.54, 1.807) is 18.2 Å². The number of aliphatic hydroxyl groups excluding tert-OH is 1. The van der Waals surface area contributed by atoms with Crippen LogP contribution in [-0.4, -0.2) is 19.3 Å². The molecule has 0 aliphatic carbocycles. The third-order valence-electron chi connectivity index (χ3n) is 3.86. The molecule has 0 saturated carbocycles. The number of hydrogen-bond donors (Lipinski definition) is 2. The second-order valence-corrected chi connectivity index (χ2v) is 8.27. The minimum atomic E-state index is -4.05. The number of ether oxygens (including phenoxy) is 1. The van der Waals surface area contributed by atoms with Crippen LogP contribution in [0.4, 0.5) is 0 Å². The first-order chi connectivity index (χ1) is 12.1. The molecule has 136 valence electrons. The smallest absolute Gasteiger partial charge is 0.264 e. The van der Waals surface area contributed by atoms with Gasteiger partial charge in [-0.1, -0.05) is 41.4 Å². The van der Waals surface area contributed by atoms with Crippen LogP contribution in [0.2, 0.25) is 10.0 Å². The van der Waals surface area contributed by atoms with E-state index in [0.29, 0.717) is 0 Å². The number of rotatable bonds is 4. The van der Waals surface area contributed by atoms with Crippen LogP contribution in [0.1, 0.15) is 12.5 Å². The van der Waals surface area contributed by atoms with Crippen LogP contribution < -0.4 is 4.72 Å². The minimum Gasteiger partial charge on any atom is -0.501 e. The van der Waals surface area contributed by atoms with Gasteiger partial charge in [-0.05, 0) is 37.3 Å². The molecule has 2 aromatic rings. The summed E-state index contributed by atoms with van der Waals surface area (Å²) in [6.45, 7) is 1.39. The minimum absolute atomic E-state index is 0.0456. The zero-order valence-electron chi connectivity index (χ0n) is 13.4. The fourth-order valence-corrected chi connectivity index (χ4v) is 4.04. The van der Waals surface area contributed by atoms with E-state index in [-0.39, 0.29) is 20.5 Å². The van der Waals surface area contributed by atoms with Crippen molar-refractivity contribution >= 4 is 39.0 Å². The van der Waals surface area contributed by atoms with Crippen LogP contribution >= 0.6 is 23.2 Å². The van der Waals surface area contributed by atoms with E-state index in [0.717, 1.165) is 0 Å². The Balaban J connectivity index is 1.95. The summed E-state index contributed by atoms with van der Waals surface area (Å²) >= 11 is 11.9. The Morgan fingerprint density at radius 1 is 1.08 bits per heavy atom. The van der Waals surface area contributed by atoms with E-state index in [9.17, 15) is 18.3 Å². The fraction of sp³-hybridized carbons (Fsp3) is 0.118. The summed E-state index contributed by atoms with van der Waals surface area (Å²) in [4.78, 5) is 12.5. The molecule has 6 nitrogen and oxygen atoms in total. The first-order valence-electron chi connectivity index (χ1n) is 7.35. The number of benzene rings is 2. The molecular formula is C17H13Cl2NO5S. The Morgan fingerprint density at radius 2 is 1.65 bits per heavy atom. The van der Waals surface area contributed by atoms with Crippen molar-refractivity contribution in [3.8, 4) is 0 Å². The highest BCUT2D eigenvalue weighted by Gasteiger charge is 2.49. The molecule has 3 rings (SSSR count). The molecule has 9 heteroatoms. The van der Waals surface area contributed by atoms with Crippen LogP contribution in [0.3, 0.4) is 0 Å². The summed E-state index contributed by atoms with van der Waals surface area (Å²) in [6.07, 6.45) is 0. The molecule has 1 atom stereocenters. The lowest BCUT2D eigenvalue weighted by Gasteiger charge is -2.24. The van der Waals surface area contributed by atoms with Crippen LogP contribution in [0.5, 0.6) is 0 Å². The highest BCUT2D eigenvalue weighted by atomic mass is 35.5. The first-order valence-corrected chi connectivity index (χ1v) is 9.59. The van der Waals surface area contributed by atoms with Gasteiger partial charge in [-0.15, -0.1) is 0 Å². The van der Waals surface area contributed by atoms with Crippen LogP contribution in [-0.2, 0) is 25.2 Å². The normalized spacial score (nSPS) is 20.2. The largest absolute Gasteiger partial charge is 0.501 e. The fourth-order valence-electron chi connectivity index (χ4n) is 2.50. The van der Waals surface area contributed by atoms with E-state index in [4.69, 9.17) is 27.9 Å². The quantitative estimate of drug-likeness (QED) is 0.799. The van der Waals surface area contributed by atoms with Crippen LogP contribution in [0.15, 0.2) is 65.1 Å². The predicted molar refractivity (Wildman–Crippen MR) is 96.3 cm³/mol. The van der Waals surface area contributed by atoms with Crippen molar-refractivity contribution in [3.63, 3.8) is 0 Å². The number of Topliss-reactive ketones (excluding diaryl/α,β-unsaturated/α-hetero) is 1. The van der Waals surface area contributed by atoms with E-state index < -0.39 is 33.0 Å². The molecule has 1 heterocycles. The lowest BCUT2D eigenvalue weighted by atomic mass is 9.92. The van der Waals surface area contributed by atoms with Gasteiger partial charge in [0.25, 0.3) is 15.8 Å². The van der Waals surface area contributed by atoms with Gasteiger partial charge >= 0.3 is 0 Å². The highest BCUT2D eigenvalue weighted by Crippen LogP contribution is 2.39. The van der Waals surface area contributed by atoms with Gasteiger partial charge in [0.05, 0.1) is 4.90 Å². The van der Waals surface area contributed by atoms with Crippen molar-refractivity contribution in [3.05, 3.63) is 75.8 Å². The van der Waals surface area contributed by atoms with Gasteiger partial charge in [0.2, 0.25) is 11.6 Å². The van der Waals surface area contributed by atoms with Gasteiger partial charge in [0.15, 0.2) is 5.60 Å². The van der Waals surface area contributed by atoms with Crippen molar-refractivity contribution in [1.82, 2.24) is 4.72 Å². The van der Waals surface area contributed by atoms with Crippen molar-refractivity contribution in [2.45, 2.75) is 17.4 Å². The highest BCUT2D eigenvalue weighted by molar-refractivity contribution is 7.89. The Bertz CT molecular complexity index is 1000. The molecule has 0 saturated heterocycles. The van der Waals surface area contributed by atoms with Crippen LogP contribution in [0, 0.1) is 0 Å². The maximum absolute atomic E-state index is 12.5. The lowest BCUT2D eigenvalue weighted by molar-refractivity contribution is -0.131. The second-order valence-electron chi connectivity index (χ2n) is 5.72. The SMILES string of the molecule is CC1(c2cc(Cl)cc(Cl)c2)OC(NS(=O)(=O)c2ccccc2)=C(O)C1=O. The average Bonchev–Trinajstić information content (AvgIpc) is 2.79. The summed E-state index contributed by atoms with van der Waals surface area (Å²) in [5, 5.41) is 10.6. The maximum Gasteiger partial charge on any atom is 0.264 e. The number of nitrogens with one attached hydrogen (secondary N) is 1. The molecule has 0 spiro atoms. The summed E-state index contributed by atoms with van der Waals surface area (Å²) < 4.78 is 32.4. The van der Waals surface area contributed by atoms with E-state index in [2.05, 4.69) is 4.72 Å². The number of carbonyl (C=O) groups excluding carboxylic acids is 1. The molecule has 0 fully saturated rings. The Kier molecular flexibility index (Phi) is 4.64. The molecule has 1 unspecified atom stereocenters. The molecule has 2 N–H and O–H groups in total. The zero-order valence-corrected chi connectivity index (χ0v) is 15.7. The third kappa shape index (κ3) is 3.25. The molecule has 1 aliphatic heterocycles. The summed E-state index contributed by atoms with van der Waals surface area (Å²) in [5.41, 5.74) is -1.40. The molecule has 0 radical (unpaired) electrons. The topological polar surface area (TPSA) is 92.7 Å². The maximum atomic E-state index is 12.5. The Morgan fingerprint density at radius 3 is 2.23 bits per heavy atom. The number of carbonyl (C=O) groups is 1. The molecule has 2 aromatic carbocycles.